The lowest BCUT2D eigenvalue weighted by Crippen LogP contribution is -2.23. The molecule has 162 valence electrons. The molecule has 0 bridgehead atoms. The van der Waals surface area contributed by atoms with Gasteiger partial charge in [0.15, 0.2) is 0 Å². The van der Waals surface area contributed by atoms with E-state index in [4.69, 9.17) is 0 Å². The molecular weight excluding hydrogens is 413 g/mol. The van der Waals surface area contributed by atoms with Gasteiger partial charge in [-0.3, -0.25) is 4.79 Å². The average Bonchev–Trinajstić information content (AvgIpc) is 3.14. The lowest BCUT2D eigenvalue weighted by atomic mass is 9.96. The summed E-state index contributed by atoms with van der Waals surface area (Å²) in [6.07, 6.45) is 0.127. The Labute approximate surface area is 190 Å². The second-order valence-corrected chi connectivity index (χ2v) is 8.34. The number of hydrogen-bond acceptors (Lipinski definition) is 2. The number of nitriles is 1. The molecule has 0 aliphatic carbocycles. The Morgan fingerprint density at radius 1 is 0.970 bits per heavy atom. The number of aromatic nitrogens is 2. The topological polar surface area (TPSA) is 50.7 Å². The van der Waals surface area contributed by atoms with Gasteiger partial charge in [0, 0.05) is 41.1 Å². The molecule has 0 atom stereocenters. The van der Waals surface area contributed by atoms with Crippen molar-refractivity contribution >= 4 is 21.8 Å². The minimum Gasteiger partial charge on any atom is -0.331 e. The van der Waals surface area contributed by atoms with E-state index < -0.39 is 0 Å². The molecule has 0 radical (unpaired) electrons. The number of hydrogen-bond donors (Lipinski definition) is 0. The van der Waals surface area contributed by atoms with Crippen LogP contribution in [0.3, 0.4) is 0 Å². The van der Waals surface area contributed by atoms with Crippen molar-refractivity contribution in [2.75, 3.05) is 0 Å². The maximum Gasteiger partial charge on any atom is 0.275 e. The summed E-state index contributed by atoms with van der Waals surface area (Å²) in [5, 5.41) is 11.4. The highest BCUT2D eigenvalue weighted by Gasteiger charge is 2.23. The Morgan fingerprint density at radius 3 is 2.36 bits per heavy atom. The summed E-state index contributed by atoms with van der Waals surface area (Å²) < 4.78 is 17.1. The number of pyridine rings is 1. The zero-order valence-electron chi connectivity index (χ0n) is 18.5. The third-order valence-electron chi connectivity index (χ3n) is 6.26. The molecule has 0 aliphatic heterocycles. The summed E-state index contributed by atoms with van der Waals surface area (Å²) >= 11 is 0. The highest BCUT2D eigenvalue weighted by molar-refractivity contribution is 6.15. The van der Waals surface area contributed by atoms with E-state index >= 15 is 0 Å². The molecule has 0 spiro atoms. The standard InChI is InChI=1S/C28H22FN3O/c1-18-7-11-20(12-8-18)25-24(15-16-30)31(2)28(33)27-26(25)22-5-3-4-6-23(22)32(27)17-19-9-13-21(29)14-10-19/h3-14H,15,17H2,1-2H3. The lowest BCUT2D eigenvalue weighted by Gasteiger charge is -2.16. The van der Waals surface area contributed by atoms with Crippen LogP contribution in [0.25, 0.3) is 32.9 Å². The number of nitrogens with zero attached hydrogens (tertiary/aromatic N) is 3. The van der Waals surface area contributed by atoms with Gasteiger partial charge in [0.25, 0.3) is 5.56 Å². The van der Waals surface area contributed by atoms with Gasteiger partial charge < -0.3 is 9.13 Å². The van der Waals surface area contributed by atoms with Crippen molar-refractivity contribution in [2.24, 2.45) is 7.05 Å². The van der Waals surface area contributed by atoms with Crippen molar-refractivity contribution < 1.29 is 4.39 Å². The molecule has 0 N–H and O–H groups in total. The second-order valence-electron chi connectivity index (χ2n) is 8.34. The van der Waals surface area contributed by atoms with Gasteiger partial charge in [0.1, 0.15) is 11.3 Å². The molecule has 33 heavy (non-hydrogen) atoms. The molecule has 4 nitrogen and oxygen atoms in total. The molecule has 0 saturated heterocycles. The molecule has 0 fully saturated rings. The summed E-state index contributed by atoms with van der Waals surface area (Å²) in [5.41, 5.74) is 5.97. The van der Waals surface area contributed by atoms with Crippen molar-refractivity contribution in [1.82, 2.24) is 9.13 Å². The van der Waals surface area contributed by atoms with E-state index in [-0.39, 0.29) is 17.8 Å². The van der Waals surface area contributed by atoms with E-state index in [0.717, 1.165) is 38.5 Å². The fourth-order valence-corrected chi connectivity index (χ4v) is 4.62. The maximum atomic E-state index is 13.7. The van der Waals surface area contributed by atoms with Crippen LogP contribution in [0.1, 0.15) is 16.8 Å². The van der Waals surface area contributed by atoms with Crippen LogP contribution in [0.15, 0.2) is 77.6 Å². The highest BCUT2D eigenvalue weighted by Crippen LogP contribution is 2.38. The van der Waals surface area contributed by atoms with Gasteiger partial charge in [-0.1, -0.05) is 60.2 Å². The Morgan fingerprint density at radius 2 is 1.67 bits per heavy atom. The van der Waals surface area contributed by atoms with Crippen molar-refractivity contribution in [3.8, 4) is 17.2 Å². The number of para-hydroxylation sites is 1. The fraction of sp³-hybridized carbons (Fsp3) is 0.143. The van der Waals surface area contributed by atoms with E-state index in [2.05, 4.69) is 6.07 Å². The Balaban J connectivity index is 1.93. The third kappa shape index (κ3) is 3.41. The van der Waals surface area contributed by atoms with Crippen LogP contribution in [0, 0.1) is 24.1 Å². The highest BCUT2D eigenvalue weighted by atomic mass is 19.1. The Hall–Kier alpha value is -4.17. The van der Waals surface area contributed by atoms with Crippen molar-refractivity contribution in [3.05, 3.63) is 106 Å². The van der Waals surface area contributed by atoms with Gasteiger partial charge in [-0.05, 0) is 36.2 Å². The van der Waals surface area contributed by atoms with Gasteiger partial charge >= 0.3 is 0 Å². The Kier molecular flexibility index (Phi) is 5.07. The molecule has 0 unspecified atom stereocenters. The maximum absolute atomic E-state index is 13.7. The summed E-state index contributed by atoms with van der Waals surface area (Å²) in [7, 11) is 1.73. The van der Waals surface area contributed by atoms with Crippen LogP contribution in [0.2, 0.25) is 0 Å². The minimum absolute atomic E-state index is 0.127. The number of aryl methyl sites for hydroxylation is 1. The molecule has 2 heterocycles. The largest absolute Gasteiger partial charge is 0.331 e. The predicted octanol–water partition coefficient (Wildman–Crippen LogP) is 5.72. The van der Waals surface area contributed by atoms with Crippen molar-refractivity contribution in [2.45, 2.75) is 19.9 Å². The van der Waals surface area contributed by atoms with Crippen LogP contribution < -0.4 is 5.56 Å². The van der Waals surface area contributed by atoms with E-state index in [1.165, 1.54) is 12.1 Å². The molecule has 3 aromatic carbocycles. The molecule has 5 rings (SSSR count). The second kappa shape index (κ2) is 8.07. The summed E-state index contributed by atoms with van der Waals surface area (Å²) in [5.74, 6) is -0.292. The van der Waals surface area contributed by atoms with Gasteiger partial charge in [-0.25, -0.2) is 4.39 Å². The van der Waals surface area contributed by atoms with Crippen LogP contribution in [0.4, 0.5) is 4.39 Å². The molecule has 0 aliphatic rings. The predicted molar refractivity (Wildman–Crippen MR) is 130 cm³/mol. The van der Waals surface area contributed by atoms with Gasteiger partial charge in [-0.2, -0.15) is 5.26 Å². The molecule has 5 heteroatoms. The minimum atomic E-state index is -0.292. The zero-order chi connectivity index (χ0) is 23.1. The monoisotopic (exact) mass is 435 g/mol. The van der Waals surface area contributed by atoms with Gasteiger partial charge in [-0.15, -0.1) is 0 Å². The van der Waals surface area contributed by atoms with E-state index in [0.29, 0.717) is 17.8 Å². The summed E-state index contributed by atoms with van der Waals surface area (Å²) in [6, 6.07) is 24.7. The van der Waals surface area contributed by atoms with Gasteiger partial charge in [0.05, 0.1) is 12.5 Å². The number of benzene rings is 3. The first-order valence-corrected chi connectivity index (χ1v) is 10.8. The van der Waals surface area contributed by atoms with Gasteiger partial charge in [0.2, 0.25) is 0 Å². The van der Waals surface area contributed by atoms with E-state index in [1.54, 1.807) is 23.7 Å². The number of halogens is 1. The van der Waals surface area contributed by atoms with Crippen LogP contribution in [0.5, 0.6) is 0 Å². The third-order valence-corrected chi connectivity index (χ3v) is 6.26. The smallest absolute Gasteiger partial charge is 0.275 e. The SMILES string of the molecule is Cc1ccc(-c2c(CC#N)n(C)c(=O)c3c2c2ccccc2n3Cc2ccc(F)cc2)cc1. The zero-order valence-corrected chi connectivity index (χ0v) is 18.5. The number of rotatable bonds is 4. The first-order chi connectivity index (χ1) is 16.0. The van der Waals surface area contributed by atoms with Crippen molar-refractivity contribution in [3.63, 3.8) is 0 Å². The molecular formula is C28H22FN3O. The summed E-state index contributed by atoms with van der Waals surface area (Å²) in [6.45, 7) is 2.47. The lowest BCUT2D eigenvalue weighted by molar-refractivity contribution is 0.626. The molecule has 0 amide bonds. The van der Waals surface area contributed by atoms with Crippen molar-refractivity contribution in [1.29, 1.82) is 5.26 Å². The molecule has 0 saturated carbocycles. The quantitative estimate of drug-likeness (QED) is 0.362. The molecule has 2 aromatic heterocycles. The van der Waals surface area contributed by atoms with Crippen LogP contribution in [-0.4, -0.2) is 9.13 Å². The van der Waals surface area contributed by atoms with Crippen LogP contribution >= 0.6 is 0 Å². The fourth-order valence-electron chi connectivity index (χ4n) is 4.62. The first kappa shape index (κ1) is 20.7. The van der Waals surface area contributed by atoms with E-state index in [1.807, 2.05) is 60.0 Å². The average molecular weight is 436 g/mol. The van der Waals surface area contributed by atoms with Crippen LogP contribution in [-0.2, 0) is 20.0 Å². The first-order valence-electron chi connectivity index (χ1n) is 10.8. The van der Waals surface area contributed by atoms with E-state index in [9.17, 15) is 14.4 Å². The molecule has 5 aromatic rings. The summed E-state index contributed by atoms with van der Waals surface area (Å²) in [4.78, 5) is 13.7. The normalized spacial score (nSPS) is 11.2. The Bertz CT molecular complexity index is 1600. The number of fused-ring (bicyclic) bond motifs is 3.